The number of anilines is 1. The number of carbonyl (C=O) groups is 1. The molecule has 4 nitrogen and oxygen atoms in total. The number of benzene rings is 3. The third-order valence-corrected chi connectivity index (χ3v) is 6.62. The smallest absolute Gasteiger partial charge is 0.260 e. The summed E-state index contributed by atoms with van der Waals surface area (Å²) in [5, 5.41) is 13.9. The summed E-state index contributed by atoms with van der Waals surface area (Å²) >= 11 is 6.53. The molecule has 0 bridgehead atoms. The normalized spacial score (nSPS) is 19.5. The summed E-state index contributed by atoms with van der Waals surface area (Å²) < 4.78 is 27.4. The maximum atomic E-state index is 13.7. The van der Waals surface area contributed by atoms with Crippen molar-refractivity contribution in [3.63, 3.8) is 0 Å². The molecule has 1 fully saturated rings. The fourth-order valence-corrected chi connectivity index (χ4v) is 4.90. The number of rotatable bonds is 3. The molecule has 2 aliphatic heterocycles. The Bertz CT molecular complexity index is 1280. The van der Waals surface area contributed by atoms with E-state index in [0.717, 1.165) is 37.2 Å². The molecule has 1 atom stereocenters. The topological polar surface area (TPSA) is 52.6 Å². The fourth-order valence-electron chi connectivity index (χ4n) is 4.62. The predicted molar refractivity (Wildman–Crippen MR) is 126 cm³/mol. The van der Waals surface area contributed by atoms with Gasteiger partial charge in [0.25, 0.3) is 5.91 Å². The molecule has 5 rings (SSSR count). The minimum Gasteiger partial charge on any atom is -0.506 e. The summed E-state index contributed by atoms with van der Waals surface area (Å²) in [5.74, 6) is -2.26. The fraction of sp³-hybridized carbons (Fsp3) is 0.192. The van der Waals surface area contributed by atoms with Crippen LogP contribution in [0.4, 0.5) is 14.5 Å². The molecule has 3 aromatic carbocycles. The highest BCUT2D eigenvalue weighted by Gasteiger charge is 2.30. The van der Waals surface area contributed by atoms with Crippen LogP contribution in [-0.2, 0) is 4.79 Å². The monoisotopic (exact) mass is 466 g/mol. The van der Waals surface area contributed by atoms with Crippen LogP contribution in [0.3, 0.4) is 0 Å². The molecule has 7 heteroatoms. The third kappa shape index (κ3) is 4.01. The van der Waals surface area contributed by atoms with Crippen molar-refractivity contribution in [2.45, 2.75) is 12.3 Å². The van der Waals surface area contributed by atoms with Crippen LogP contribution in [0.1, 0.15) is 29.0 Å². The minimum absolute atomic E-state index is 0.0569. The lowest BCUT2D eigenvalue weighted by Crippen LogP contribution is -2.13. The van der Waals surface area contributed by atoms with Crippen molar-refractivity contribution in [2.75, 3.05) is 25.5 Å². The summed E-state index contributed by atoms with van der Waals surface area (Å²) in [7, 11) is 2.12. The summed E-state index contributed by atoms with van der Waals surface area (Å²) in [6.07, 6.45) is 1.12. The molecule has 2 aliphatic rings. The number of likely N-dealkylation sites (tertiary alicyclic amines) is 1. The number of likely N-dealkylation sites (N-methyl/N-ethyl adjacent to an activating group) is 1. The number of amides is 1. The maximum absolute atomic E-state index is 13.7. The van der Waals surface area contributed by atoms with Gasteiger partial charge in [-0.1, -0.05) is 35.9 Å². The number of nitrogens with one attached hydrogen (secondary N) is 1. The molecular weight excluding hydrogens is 446 g/mol. The van der Waals surface area contributed by atoms with Crippen LogP contribution in [0.15, 0.2) is 54.6 Å². The van der Waals surface area contributed by atoms with Crippen LogP contribution in [0.2, 0.25) is 5.02 Å². The highest BCUT2D eigenvalue weighted by atomic mass is 35.5. The van der Waals surface area contributed by atoms with Gasteiger partial charge >= 0.3 is 0 Å². The predicted octanol–water partition coefficient (Wildman–Crippen LogP) is 6.08. The number of hydrogen-bond donors (Lipinski definition) is 2. The molecule has 168 valence electrons. The molecule has 1 unspecified atom stereocenters. The Balaban J connectivity index is 1.55. The average molecular weight is 467 g/mol. The number of aliphatic hydroxyl groups is 1. The molecule has 3 aromatic rings. The van der Waals surface area contributed by atoms with E-state index in [1.807, 2.05) is 12.1 Å². The second-order valence-electron chi connectivity index (χ2n) is 8.58. The number of fused-ring (bicyclic) bond motifs is 1. The van der Waals surface area contributed by atoms with E-state index in [-0.39, 0.29) is 11.1 Å². The van der Waals surface area contributed by atoms with Crippen LogP contribution >= 0.6 is 11.6 Å². The SMILES string of the molecule is CN1CCC(c2ccc(-c3cc4c(cc3Cl)NC(=O)/C4=C(\O)c3cc(F)cc(F)c3)cc2)C1. The molecular formula is C26H21ClF2N2O2. The first kappa shape index (κ1) is 21.6. The Labute approximate surface area is 195 Å². The van der Waals surface area contributed by atoms with E-state index in [2.05, 4.69) is 29.4 Å². The van der Waals surface area contributed by atoms with Crippen molar-refractivity contribution < 1.29 is 18.7 Å². The molecule has 2 heterocycles. The van der Waals surface area contributed by atoms with Crippen molar-refractivity contribution in [1.29, 1.82) is 0 Å². The zero-order chi connectivity index (χ0) is 23.3. The van der Waals surface area contributed by atoms with E-state index in [1.165, 1.54) is 5.56 Å². The first-order chi connectivity index (χ1) is 15.8. The Morgan fingerprint density at radius 3 is 2.39 bits per heavy atom. The summed E-state index contributed by atoms with van der Waals surface area (Å²) in [4.78, 5) is 14.9. The Hall–Kier alpha value is -3.22. The van der Waals surface area contributed by atoms with Crippen LogP contribution in [0.25, 0.3) is 22.5 Å². The van der Waals surface area contributed by atoms with E-state index in [4.69, 9.17) is 11.6 Å². The number of carbonyl (C=O) groups excluding carboxylic acids is 1. The zero-order valence-electron chi connectivity index (χ0n) is 17.8. The van der Waals surface area contributed by atoms with Gasteiger partial charge in [0, 0.05) is 29.3 Å². The molecule has 1 saturated heterocycles. The summed E-state index contributed by atoms with van der Waals surface area (Å²) in [6, 6.07) is 14.2. The van der Waals surface area contributed by atoms with Crippen LogP contribution < -0.4 is 5.32 Å². The van der Waals surface area contributed by atoms with Crippen molar-refractivity contribution in [2.24, 2.45) is 0 Å². The number of aliphatic hydroxyl groups excluding tert-OH is 1. The lowest BCUT2D eigenvalue weighted by Gasteiger charge is -2.13. The lowest BCUT2D eigenvalue weighted by atomic mass is 9.94. The van der Waals surface area contributed by atoms with Gasteiger partial charge in [0.05, 0.1) is 16.3 Å². The van der Waals surface area contributed by atoms with E-state index in [9.17, 15) is 18.7 Å². The number of hydrogen-bond acceptors (Lipinski definition) is 3. The summed E-state index contributed by atoms with van der Waals surface area (Å²) in [5.41, 5.74) is 3.50. The third-order valence-electron chi connectivity index (χ3n) is 6.31. The molecule has 1 amide bonds. The van der Waals surface area contributed by atoms with Gasteiger partial charge in [0.1, 0.15) is 17.4 Å². The van der Waals surface area contributed by atoms with E-state index >= 15 is 0 Å². The highest BCUT2D eigenvalue weighted by Crippen LogP contribution is 2.42. The highest BCUT2D eigenvalue weighted by molar-refractivity contribution is 6.38. The molecule has 0 aliphatic carbocycles. The van der Waals surface area contributed by atoms with E-state index in [0.29, 0.717) is 33.8 Å². The minimum atomic E-state index is -0.846. The Kier molecular flexibility index (Phi) is 5.43. The second kappa shape index (κ2) is 8.28. The van der Waals surface area contributed by atoms with Crippen molar-refractivity contribution >= 4 is 34.5 Å². The van der Waals surface area contributed by atoms with E-state index < -0.39 is 23.3 Å². The molecule has 0 saturated carbocycles. The quantitative estimate of drug-likeness (QED) is 0.363. The van der Waals surface area contributed by atoms with Gasteiger partial charge in [-0.2, -0.15) is 0 Å². The van der Waals surface area contributed by atoms with Crippen molar-refractivity contribution in [3.05, 3.63) is 87.9 Å². The van der Waals surface area contributed by atoms with Crippen molar-refractivity contribution in [1.82, 2.24) is 4.90 Å². The standard InChI is InChI=1S/C26H21ClF2N2O2/c1-31-7-6-16(13-31)14-2-4-15(5-3-14)20-11-21-23(12-22(20)27)30-26(33)24(21)25(32)17-8-18(28)10-19(29)9-17/h2-5,8-12,16,32H,6-7,13H2,1H3,(H,30,33)/b25-24-. The number of halogens is 3. The molecule has 33 heavy (non-hydrogen) atoms. The molecule has 0 aromatic heterocycles. The Morgan fingerprint density at radius 2 is 1.76 bits per heavy atom. The van der Waals surface area contributed by atoms with Gasteiger partial charge in [-0.3, -0.25) is 4.79 Å². The Morgan fingerprint density at radius 1 is 1.06 bits per heavy atom. The summed E-state index contributed by atoms with van der Waals surface area (Å²) in [6.45, 7) is 2.11. The first-order valence-electron chi connectivity index (χ1n) is 10.6. The largest absolute Gasteiger partial charge is 0.506 e. The van der Waals surface area contributed by atoms with Crippen LogP contribution in [-0.4, -0.2) is 36.1 Å². The average Bonchev–Trinajstić information content (AvgIpc) is 3.34. The lowest BCUT2D eigenvalue weighted by molar-refractivity contribution is -0.110. The molecule has 0 radical (unpaired) electrons. The van der Waals surface area contributed by atoms with Gasteiger partial charge in [0.15, 0.2) is 0 Å². The van der Waals surface area contributed by atoms with Gasteiger partial charge in [-0.05, 0) is 61.3 Å². The maximum Gasteiger partial charge on any atom is 0.260 e. The van der Waals surface area contributed by atoms with Gasteiger partial charge < -0.3 is 15.3 Å². The molecule has 0 spiro atoms. The molecule has 2 N–H and O–H groups in total. The number of nitrogens with zero attached hydrogens (tertiary/aromatic N) is 1. The van der Waals surface area contributed by atoms with E-state index in [1.54, 1.807) is 12.1 Å². The van der Waals surface area contributed by atoms with Gasteiger partial charge in [-0.25, -0.2) is 8.78 Å². The first-order valence-corrected chi connectivity index (χ1v) is 11.0. The second-order valence-corrected chi connectivity index (χ2v) is 8.99. The van der Waals surface area contributed by atoms with Crippen LogP contribution in [0.5, 0.6) is 0 Å². The van der Waals surface area contributed by atoms with Crippen molar-refractivity contribution in [3.8, 4) is 11.1 Å². The zero-order valence-corrected chi connectivity index (χ0v) is 18.6. The van der Waals surface area contributed by atoms with Gasteiger partial charge in [0.2, 0.25) is 0 Å². The van der Waals surface area contributed by atoms with Crippen LogP contribution in [0, 0.1) is 11.6 Å². The van der Waals surface area contributed by atoms with Gasteiger partial charge in [-0.15, -0.1) is 0 Å².